The number of hydrogen-bond donors (Lipinski definition) is 2. The zero-order valence-corrected chi connectivity index (χ0v) is 11.7. The van der Waals surface area contributed by atoms with E-state index in [-0.39, 0.29) is 5.82 Å². The first-order valence-corrected chi connectivity index (χ1v) is 6.28. The van der Waals surface area contributed by atoms with E-state index < -0.39 is 5.82 Å². The second kappa shape index (κ2) is 4.94. The van der Waals surface area contributed by atoms with Gasteiger partial charge in [0.15, 0.2) is 0 Å². The number of aryl methyl sites for hydroxylation is 1. The molecule has 0 fully saturated rings. The summed E-state index contributed by atoms with van der Waals surface area (Å²) in [5, 5.41) is 0. The van der Waals surface area contributed by atoms with Gasteiger partial charge in [-0.05, 0) is 54.3 Å². The van der Waals surface area contributed by atoms with Gasteiger partial charge in [-0.15, -0.1) is 25.3 Å². The Morgan fingerprint density at radius 3 is 2.22 bits per heavy atom. The van der Waals surface area contributed by atoms with E-state index >= 15 is 0 Å². The largest absolute Gasteiger partial charge is 0.206 e. The van der Waals surface area contributed by atoms with Crippen LogP contribution in [0, 0.1) is 25.5 Å². The van der Waals surface area contributed by atoms with Crippen molar-refractivity contribution < 1.29 is 8.78 Å². The van der Waals surface area contributed by atoms with Crippen LogP contribution < -0.4 is 0 Å². The Morgan fingerprint density at radius 1 is 0.889 bits per heavy atom. The van der Waals surface area contributed by atoms with Crippen molar-refractivity contribution in [3.63, 3.8) is 0 Å². The van der Waals surface area contributed by atoms with E-state index in [1.54, 1.807) is 25.1 Å². The third kappa shape index (κ3) is 2.27. The van der Waals surface area contributed by atoms with E-state index in [9.17, 15) is 8.78 Å². The van der Waals surface area contributed by atoms with Crippen LogP contribution in [0.5, 0.6) is 0 Å². The van der Waals surface area contributed by atoms with Crippen molar-refractivity contribution in [1.82, 2.24) is 0 Å². The SMILES string of the molecule is Cc1cc(S)c(F)cc1-c1ccc(S)c(F)c1C. The molecular weight excluding hydrogens is 270 g/mol. The fourth-order valence-corrected chi connectivity index (χ4v) is 2.42. The molecule has 94 valence electrons. The predicted molar refractivity (Wildman–Crippen MR) is 75.8 cm³/mol. The van der Waals surface area contributed by atoms with Gasteiger partial charge in [-0.1, -0.05) is 6.07 Å². The average molecular weight is 282 g/mol. The molecule has 0 aromatic heterocycles. The van der Waals surface area contributed by atoms with Crippen LogP contribution in [-0.4, -0.2) is 0 Å². The van der Waals surface area contributed by atoms with Gasteiger partial charge in [-0.2, -0.15) is 0 Å². The van der Waals surface area contributed by atoms with E-state index in [1.807, 2.05) is 6.92 Å². The van der Waals surface area contributed by atoms with Crippen molar-refractivity contribution in [2.45, 2.75) is 23.6 Å². The Hall–Kier alpha value is -1.00. The Labute approximate surface area is 116 Å². The van der Waals surface area contributed by atoms with Crippen LogP contribution in [-0.2, 0) is 0 Å². The number of thiol groups is 2. The fraction of sp³-hybridized carbons (Fsp3) is 0.143. The van der Waals surface area contributed by atoms with Crippen LogP contribution in [0.25, 0.3) is 11.1 Å². The molecule has 0 saturated carbocycles. The van der Waals surface area contributed by atoms with E-state index in [2.05, 4.69) is 25.3 Å². The molecule has 0 N–H and O–H groups in total. The molecule has 4 heteroatoms. The van der Waals surface area contributed by atoms with E-state index in [0.717, 1.165) is 5.56 Å². The van der Waals surface area contributed by atoms with Crippen LogP contribution in [0.4, 0.5) is 8.78 Å². The number of benzene rings is 2. The summed E-state index contributed by atoms with van der Waals surface area (Å²) in [6.45, 7) is 3.51. The molecular formula is C14H12F2S2. The Morgan fingerprint density at radius 2 is 1.56 bits per heavy atom. The predicted octanol–water partition coefficient (Wildman–Crippen LogP) is 4.83. The van der Waals surface area contributed by atoms with E-state index in [4.69, 9.17) is 0 Å². The van der Waals surface area contributed by atoms with Gasteiger partial charge in [-0.3, -0.25) is 0 Å². The summed E-state index contributed by atoms with van der Waals surface area (Å²) in [4.78, 5) is 0.584. The lowest BCUT2D eigenvalue weighted by atomic mass is 9.96. The Kier molecular flexibility index (Phi) is 3.69. The standard InChI is InChI=1S/C14H12F2S2/c1-7-5-13(18)11(15)6-10(7)9-3-4-12(17)14(16)8(9)2/h3-6,17-18H,1-2H3. The highest BCUT2D eigenvalue weighted by atomic mass is 32.1. The minimum Gasteiger partial charge on any atom is -0.206 e. The molecule has 0 nitrogen and oxygen atoms in total. The van der Waals surface area contributed by atoms with Crippen LogP contribution in [0.2, 0.25) is 0 Å². The molecule has 0 radical (unpaired) electrons. The maximum absolute atomic E-state index is 13.8. The lowest BCUT2D eigenvalue weighted by Gasteiger charge is -2.12. The average Bonchev–Trinajstić information content (AvgIpc) is 2.32. The molecule has 0 unspecified atom stereocenters. The highest BCUT2D eigenvalue weighted by Gasteiger charge is 2.13. The van der Waals surface area contributed by atoms with Crippen LogP contribution in [0.15, 0.2) is 34.1 Å². The normalized spacial score (nSPS) is 10.8. The van der Waals surface area contributed by atoms with Crippen molar-refractivity contribution >= 4 is 25.3 Å². The van der Waals surface area contributed by atoms with Crippen molar-refractivity contribution in [2.24, 2.45) is 0 Å². The number of hydrogen-bond acceptors (Lipinski definition) is 2. The molecule has 0 spiro atoms. The monoisotopic (exact) mass is 282 g/mol. The van der Waals surface area contributed by atoms with E-state index in [0.29, 0.717) is 26.5 Å². The van der Waals surface area contributed by atoms with Crippen molar-refractivity contribution in [2.75, 3.05) is 0 Å². The van der Waals surface area contributed by atoms with Crippen LogP contribution in [0.1, 0.15) is 11.1 Å². The summed E-state index contributed by atoms with van der Waals surface area (Å²) in [6, 6.07) is 6.35. The molecule has 0 atom stereocenters. The minimum atomic E-state index is -0.409. The number of rotatable bonds is 1. The zero-order valence-electron chi connectivity index (χ0n) is 9.96. The Balaban J connectivity index is 2.70. The first kappa shape index (κ1) is 13.4. The summed E-state index contributed by atoms with van der Waals surface area (Å²) in [7, 11) is 0. The molecule has 0 aliphatic heterocycles. The third-order valence-electron chi connectivity index (χ3n) is 2.95. The fourth-order valence-electron chi connectivity index (χ4n) is 1.92. The third-order valence-corrected chi connectivity index (χ3v) is 3.64. The lowest BCUT2D eigenvalue weighted by Crippen LogP contribution is -1.93. The second-order valence-electron chi connectivity index (χ2n) is 4.19. The van der Waals surface area contributed by atoms with Crippen LogP contribution >= 0.6 is 25.3 Å². The summed E-state index contributed by atoms with van der Waals surface area (Å²) < 4.78 is 27.4. The van der Waals surface area contributed by atoms with Gasteiger partial charge in [-0.25, -0.2) is 8.78 Å². The summed E-state index contributed by atoms with van der Waals surface area (Å²) in [5.74, 6) is -0.778. The maximum atomic E-state index is 13.8. The van der Waals surface area contributed by atoms with Gasteiger partial charge < -0.3 is 0 Å². The van der Waals surface area contributed by atoms with Crippen molar-refractivity contribution in [3.8, 4) is 11.1 Å². The molecule has 0 aliphatic carbocycles. The van der Waals surface area contributed by atoms with Gasteiger partial charge in [0.1, 0.15) is 11.6 Å². The van der Waals surface area contributed by atoms with E-state index in [1.165, 1.54) is 6.07 Å². The molecule has 2 rings (SSSR count). The van der Waals surface area contributed by atoms with Gasteiger partial charge in [0, 0.05) is 9.79 Å². The van der Waals surface area contributed by atoms with Crippen molar-refractivity contribution in [1.29, 1.82) is 0 Å². The van der Waals surface area contributed by atoms with Gasteiger partial charge in [0.25, 0.3) is 0 Å². The first-order valence-electron chi connectivity index (χ1n) is 5.39. The number of halogens is 2. The molecule has 0 amide bonds. The topological polar surface area (TPSA) is 0 Å². The van der Waals surface area contributed by atoms with Crippen molar-refractivity contribution in [3.05, 3.63) is 47.0 Å². The molecule has 0 bridgehead atoms. The van der Waals surface area contributed by atoms with Gasteiger partial charge in [0.2, 0.25) is 0 Å². The highest BCUT2D eigenvalue weighted by molar-refractivity contribution is 7.80. The lowest BCUT2D eigenvalue weighted by molar-refractivity contribution is 0.593. The quantitative estimate of drug-likeness (QED) is 0.688. The molecule has 18 heavy (non-hydrogen) atoms. The molecule has 0 heterocycles. The van der Waals surface area contributed by atoms with Gasteiger partial charge in [0.05, 0.1) is 0 Å². The molecule has 0 aliphatic rings. The summed E-state index contributed by atoms with van der Waals surface area (Å²) in [5.41, 5.74) is 2.68. The zero-order chi connectivity index (χ0) is 13.4. The summed E-state index contributed by atoms with van der Waals surface area (Å²) >= 11 is 8.06. The highest BCUT2D eigenvalue weighted by Crippen LogP contribution is 2.32. The van der Waals surface area contributed by atoms with Gasteiger partial charge >= 0.3 is 0 Å². The molecule has 0 saturated heterocycles. The smallest absolute Gasteiger partial charge is 0.140 e. The van der Waals surface area contributed by atoms with Crippen LogP contribution in [0.3, 0.4) is 0 Å². The molecule has 2 aromatic carbocycles. The first-order chi connectivity index (χ1) is 8.41. The minimum absolute atomic E-state index is 0.292. The Bertz CT molecular complexity index is 622. The maximum Gasteiger partial charge on any atom is 0.140 e. The summed E-state index contributed by atoms with van der Waals surface area (Å²) in [6.07, 6.45) is 0. The molecule has 2 aromatic rings. The second-order valence-corrected chi connectivity index (χ2v) is 5.15.